The summed E-state index contributed by atoms with van der Waals surface area (Å²) in [5, 5.41) is 12.4. The Balaban J connectivity index is 1.79. The summed E-state index contributed by atoms with van der Waals surface area (Å²) in [6.07, 6.45) is 4.74. The van der Waals surface area contributed by atoms with Gasteiger partial charge in [0.25, 0.3) is 0 Å². The summed E-state index contributed by atoms with van der Waals surface area (Å²) in [5.74, 6) is 0.362. The summed E-state index contributed by atoms with van der Waals surface area (Å²) in [5.41, 5.74) is 1.29. The van der Waals surface area contributed by atoms with Crippen molar-refractivity contribution in [2.24, 2.45) is 5.92 Å². The van der Waals surface area contributed by atoms with Crippen LogP contribution in [0.1, 0.15) is 31.2 Å². The van der Waals surface area contributed by atoms with Crippen LogP contribution in [0.5, 0.6) is 0 Å². The molecule has 0 unspecified atom stereocenters. The standard InChI is InChI=1S/C16H20FN3/c17-14-7-13(10-18)8-16(9-14)20(15-1-2-15)11-12-3-5-19-6-4-12/h7-9,12,15,19H,1-6,11H2. The van der Waals surface area contributed by atoms with Crippen LogP contribution in [0.25, 0.3) is 0 Å². The van der Waals surface area contributed by atoms with Crippen LogP contribution in [-0.4, -0.2) is 25.7 Å². The van der Waals surface area contributed by atoms with Crippen molar-refractivity contribution in [2.45, 2.75) is 31.7 Å². The first kappa shape index (κ1) is 13.4. The van der Waals surface area contributed by atoms with E-state index in [1.165, 1.54) is 31.7 Å². The molecule has 20 heavy (non-hydrogen) atoms. The maximum absolute atomic E-state index is 13.6. The van der Waals surface area contributed by atoms with E-state index < -0.39 is 0 Å². The molecular formula is C16H20FN3. The number of rotatable bonds is 4. The van der Waals surface area contributed by atoms with Gasteiger partial charge in [-0.05, 0) is 62.9 Å². The molecule has 1 aliphatic carbocycles. The second kappa shape index (κ2) is 5.80. The van der Waals surface area contributed by atoms with E-state index in [-0.39, 0.29) is 5.82 Å². The average molecular weight is 273 g/mol. The van der Waals surface area contributed by atoms with Crippen LogP contribution < -0.4 is 10.2 Å². The highest BCUT2D eigenvalue weighted by atomic mass is 19.1. The lowest BCUT2D eigenvalue weighted by Gasteiger charge is -2.32. The molecule has 0 bridgehead atoms. The maximum Gasteiger partial charge on any atom is 0.126 e. The third kappa shape index (κ3) is 3.10. The summed E-state index contributed by atoms with van der Waals surface area (Å²) >= 11 is 0. The van der Waals surface area contributed by atoms with E-state index in [4.69, 9.17) is 5.26 Å². The fourth-order valence-electron chi connectivity index (χ4n) is 3.00. The molecule has 3 rings (SSSR count). The summed E-state index contributed by atoms with van der Waals surface area (Å²) in [7, 11) is 0. The molecule has 2 fully saturated rings. The lowest BCUT2D eigenvalue weighted by atomic mass is 9.97. The van der Waals surface area contributed by atoms with Crippen LogP contribution in [0.3, 0.4) is 0 Å². The van der Waals surface area contributed by atoms with Crippen molar-refractivity contribution in [1.82, 2.24) is 5.32 Å². The predicted molar refractivity (Wildman–Crippen MR) is 77.1 cm³/mol. The minimum Gasteiger partial charge on any atom is -0.368 e. The van der Waals surface area contributed by atoms with E-state index in [0.29, 0.717) is 17.5 Å². The van der Waals surface area contributed by atoms with Gasteiger partial charge in [0.15, 0.2) is 0 Å². The zero-order valence-corrected chi connectivity index (χ0v) is 11.6. The Morgan fingerprint density at radius 1 is 1.20 bits per heavy atom. The lowest BCUT2D eigenvalue weighted by molar-refractivity contribution is 0.372. The van der Waals surface area contributed by atoms with Crippen LogP contribution in [-0.2, 0) is 0 Å². The first-order chi connectivity index (χ1) is 9.76. The normalized spacial score (nSPS) is 19.6. The van der Waals surface area contributed by atoms with Gasteiger partial charge < -0.3 is 10.2 Å². The van der Waals surface area contributed by atoms with Gasteiger partial charge in [0, 0.05) is 18.3 Å². The van der Waals surface area contributed by atoms with E-state index in [1.807, 2.05) is 12.1 Å². The first-order valence-corrected chi connectivity index (χ1v) is 7.44. The number of nitriles is 1. The SMILES string of the molecule is N#Cc1cc(F)cc(N(CC2CCNCC2)C2CC2)c1. The molecule has 3 nitrogen and oxygen atoms in total. The van der Waals surface area contributed by atoms with Crippen molar-refractivity contribution in [3.05, 3.63) is 29.6 Å². The van der Waals surface area contributed by atoms with Crippen LogP contribution in [0, 0.1) is 23.1 Å². The van der Waals surface area contributed by atoms with Crippen LogP contribution in [0.4, 0.5) is 10.1 Å². The van der Waals surface area contributed by atoms with E-state index >= 15 is 0 Å². The number of nitrogens with one attached hydrogen (secondary N) is 1. The Hall–Kier alpha value is -1.60. The summed E-state index contributed by atoms with van der Waals surface area (Å²) < 4.78 is 13.6. The number of nitrogens with zero attached hydrogens (tertiary/aromatic N) is 2. The van der Waals surface area contributed by atoms with Gasteiger partial charge in [-0.1, -0.05) is 0 Å². The number of benzene rings is 1. The van der Waals surface area contributed by atoms with Gasteiger partial charge in [0.2, 0.25) is 0 Å². The molecule has 0 aromatic heterocycles. The van der Waals surface area contributed by atoms with Crippen molar-refractivity contribution in [1.29, 1.82) is 5.26 Å². The van der Waals surface area contributed by atoms with Crippen molar-refractivity contribution in [2.75, 3.05) is 24.5 Å². The van der Waals surface area contributed by atoms with Gasteiger partial charge in [-0.3, -0.25) is 0 Å². The maximum atomic E-state index is 13.6. The molecule has 0 atom stereocenters. The molecule has 2 aliphatic rings. The second-order valence-corrected chi connectivity index (χ2v) is 5.89. The summed E-state index contributed by atoms with van der Waals surface area (Å²) in [4.78, 5) is 2.32. The molecule has 106 valence electrons. The predicted octanol–water partition coefficient (Wildman–Crippen LogP) is 2.67. The number of anilines is 1. The monoisotopic (exact) mass is 273 g/mol. The number of piperidine rings is 1. The lowest BCUT2D eigenvalue weighted by Crippen LogP contribution is -2.37. The van der Waals surface area contributed by atoms with Crippen LogP contribution >= 0.6 is 0 Å². The van der Waals surface area contributed by atoms with Crippen molar-refractivity contribution < 1.29 is 4.39 Å². The van der Waals surface area contributed by atoms with Crippen molar-refractivity contribution in [3.8, 4) is 6.07 Å². The summed E-state index contributed by atoms with van der Waals surface area (Å²) in [6, 6.07) is 7.29. The molecule has 0 spiro atoms. The van der Waals surface area contributed by atoms with E-state index in [0.717, 1.165) is 25.3 Å². The van der Waals surface area contributed by atoms with Gasteiger partial charge in [-0.25, -0.2) is 4.39 Å². The first-order valence-electron chi connectivity index (χ1n) is 7.44. The highest BCUT2D eigenvalue weighted by Gasteiger charge is 2.31. The molecule has 1 saturated carbocycles. The average Bonchev–Trinajstić information content (AvgIpc) is 3.29. The van der Waals surface area contributed by atoms with Gasteiger partial charge in [0.05, 0.1) is 11.6 Å². The minimum absolute atomic E-state index is 0.310. The van der Waals surface area contributed by atoms with Gasteiger partial charge >= 0.3 is 0 Å². The molecule has 0 amide bonds. The van der Waals surface area contributed by atoms with Crippen molar-refractivity contribution >= 4 is 5.69 Å². The molecule has 1 aromatic rings. The highest BCUT2D eigenvalue weighted by molar-refractivity contribution is 5.53. The van der Waals surface area contributed by atoms with Crippen molar-refractivity contribution in [3.63, 3.8) is 0 Å². The van der Waals surface area contributed by atoms with E-state index in [2.05, 4.69) is 10.2 Å². The molecular weight excluding hydrogens is 253 g/mol. The Bertz CT molecular complexity index is 513. The fourth-order valence-corrected chi connectivity index (χ4v) is 3.00. The third-order valence-electron chi connectivity index (χ3n) is 4.24. The molecule has 1 aromatic carbocycles. The van der Waals surface area contributed by atoms with Gasteiger partial charge in [-0.2, -0.15) is 5.26 Å². The summed E-state index contributed by atoms with van der Waals surface area (Å²) in [6.45, 7) is 3.15. The Labute approximate surface area is 119 Å². The minimum atomic E-state index is -0.310. The molecule has 4 heteroatoms. The second-order valence-electron chi connectivity index (χ2n) is 5.89. The number of halogens is 1. The Morgan fingerprint density at radius 3 is 2.60 bits per heavy atom. The smallest absolute Gasteiger partial charge is 0.126 e. The molecule has 0 radical (unpaired) electrons. The Morgan fingerprint density at radius 2 is 1.95 bits per heavy atom. The van der Waals surface area contributed by atoms with E-state index in [9.17, 15) is 4.39 Å². The van der Waals surface area contributed by atoms with Gasteiger partial charge in [0.1, 0.15) is 5.82 Å². The molecule has 1 N–H and O–H groups in total. The molecule has 1 saturated heterocycles. The fraction of sp³-hybridized carbons (Fsp3) is 0.562. The number of hydrogen-bond acceptors (Lipinski definition) is 3. The largest absolute Gasteiger partial charge is 0.368 e. The third-order valence-corrected chi connectivity index (χ3v) is 4.24. The van der Waals surface area contributed by atoms with Crippen LogP contribution in [0.2, 0.25) is 0 Å². The molecule has 1 heterocycles. The highest BCUT2D eigenvalue weighted by Crippen LogP contribution is 2.34. The quantitative estimate of drug-likeness (QED) is 0.916. The molecule has 1 aliphatic heterocycles. The Kier molecular flexibility index (Phi) is 3.88. The van der Waals surface area contributed by atoms with Gasteiger partial charge in [-0.15, -0.1) is 0 Å². The van der Waals surface area contributed by atoms with E-state index in [1.54, 1.807) is 6.07 Å². The van der Waals surface area contributed by atoms with Crippen LogP contribution in [0.15, 0.2) is 18.2 Å². The topological polar surface area (TPSA) is 39.1 Å². The number of hydrogen-bond donors (Lipinski definition) is 1. The zero-order chi connectivity index (χ0) is 13.9. The zero-order valence-electron chi connectivity index (χ0n) is 11.6.